The molecule has 3 rings (SSSR count). The van der Waals surface area contributed by atoms with E-state index < -0.39 is 15.3 Å². The highest BCUT2D eigenvalue weighted by Gasteiger charge is 2.36. The molecule has 1 aromatic heterocycles. The number of aromatic amines is 1. The van der Waals surface area contributed by atoms with Crippen LogP contribution in [0.2, 0.25) is 5.02 Å². The summed E-state index contributed by atoms with van der Waals surface area (Å²) >= 11 is 5.99. The second-order valence-corrected chi connectivity index (χ2v) is 9.26. The van der Waals surface area contributed by atoms with Crippen LogP contribution in [0.5, 0.6) is 0 Å². The Morgan fingerprint density at radius 2 is 2.13 bits per heavy atom. The summed E-state index contributed by atoms with van der Waals surface area (Å²) in [5.41, 5.74) is 0.956. The van der Waals surface area contributed by atoms with Crippen LogP contribution in [-0.2, 0) is 20.0 Å². The zero-order valence-electron chi connectivity index (χ0n) is 13.0. The van der Waals surface area contributed by atoms with Crippen LogP contribution in [0.15, 0.2) is 24.4 Å². The molecule has 0 bridgehead atoms. The summed E-state index contributed by atoms with van der Waals surface area (Å²) in [6.07, 6.45) is 2.29. The van der Waals surface area contributed by atoms with Crippen LogP contribution in [-0.4, -0.2) is 36.9 Å². The van der Waals surface area contributed by atoms with Crippen molar-refractivity contribution in [2.75, 3.05) is 11.5 Å². The fourth-order valence-corrected chi connectivity index (χ4v) is 4.86. The number of carbonyl (C=O) groups excluding carboxylic acids is 1. The number of fused-ring (bicyclic) bond motifs is 1. The molecule has 5 nitrogen and oxygen atoms in total. The van der Waals surface area contributed by atoms with Gasteiger partial charge in [0, 0.05) is 28.2 Å². The summed E-state index contributed by atoms with van der Waals surface area (Å²) < 4.78 is 23.1. The summed E-state index contributed by atoms with van der Waals surface area (Å²) in [5, 5.41) is 4.45. The minimum absolute atomic E-state index is 0.0261. The number of halogens is 1. The van der Waals surface area contributed by atoms with Crippen LogP contribution < -0.4 is 5.32 Å². The van der Waals surface area contributed by atoms with Gasteiger partial charge in [0.2, 0.25) is 5.91 Å². The van der Waals surface area contributed by atoms with Crippen LogP contribution in [0, 0.1) is 0 Å². The third-order valence-corrected chi connectivity index (χ3v) is 6.46. The molecular weight excluding hydrogens is 336 g/mol. The zero-order valence-corrected chi connectivity index (χ0v) is 14.6. The van der Waals surface area contributed by atoms with Gasteiger partial charge in [-0.25, -0.2) is 8.42 Å². The fourth-order valence-electron chi connectivity index (χ4n) is 3.01. The van der Waals surface area contributed by atoms with Crippen molar-refractivity contribution in [3.63, 3.8) is 0 Å². The second-order valence-electron chi connectivity index (χ2n) is 6.59. The number of sulfone groups is 1. The predicted octanol–water partition coefficient (Wildman–Crippen LogP) is 2.40. The number of aromatic nitrogens is 1. The summed E-state index contributed by atoms with van der Waals surface area (Å²) in [5.74, 6) is -0.00196. The van der Waals surface area contributed by atoms with E-state index in [9.17, 15) is 13.2 Å². The molecule has 0 radical (unpaired) electrons. The minimum atomic E-state index is -3.02. The lowest BCUT2D eigenvalue weighted by Gasteiger charge is -2.25. The van der Waals surface area contributed by atoms with Gasteiger partial charge in [0.15, 0.2) is 9.84 Å². The molecule has 2 N–H and O–H groups in total. The largest absolute Gasteiger partial charge is 0.361 e. The molecule has 1 saturated heterocycles. The molecule has 1 amide bonds. The molecule has 0 saturated carbocycles. The first-order chi connectivity index (χ1) is 10.7. The molecule has 124 valence electrons. The Morgan fingerprint density at radius 1 is 1.39 bits per heavy atom. The van der Waals surface area contributed by atoms with Crippen molar-refractivity contribution < 1.29 is 13.2 Å². The van der Waals surface area contributed by atoms with Gasteiger partial charge in [-0.2, -0.15) is 0 Å². The SMILES string of the molecule is CC(C)(C(=O)NC1CCS(=O)(=O)C1)c1c[nH]c2cc(Cl)ccc12. The van der Waals surface area contributed by atoms with Gasteiger partial charge in [-0.3, -0.25) is 4.79 Å². The van der Waals surface area contributed by atoms with Crippen molar-refractivity contribution >= 4 is 38.2 Å². The van der Waals surface area contributed by atoms with Gasteiger partial charge in [0.1, 0.15) is 0 Å². The van der Waals surface area contributed by atoms with E-state index in [2.05, 4.69) is 10.3 Å². The normalized spacial score (nSPS) is 20.7. The highest BCUT2D eigenvalue weighted by Crippen LogP contribution is 2.32. The van der Waals surface area contributed by atoms with E-state index in [-0.39, 0.29) is 23.5 Å². The molecule has 1 fully saturated rings. The van der Waals surface area contributed by atoms with E-state index in [0.717, 1.165) is 16.5 Å². The number of benzene rings is 1. The Hall–Kier alpha value is -1.53. The average Bonchev–Trinajstić information content (AvgIpc) is 3.01. The Morgan fingerprint density at radius 3 is 2.78 bits per heavy atom. The molecule has 1 atom stereocenters. The smallest absolute Gasteiger partial charge is 0.230 e. The van der Waals surface area contributed by atoms with Crippen LogP contribution in [0.25, 0.3) is 10.9 Å². The number of nitrogens with one attached hydrogen (secondary N) is 2. The molecule has 23 heavy (non-hydrogen) atoms. The summed E-state index contributed by atoms with van der Waals surface area (Å²) in [6, 6.07) is 5.20. The number of rotatable bonds is 3. The Balaban J connectivity index is 1.86. The maximum atomic E-state index is 12.7. The van der Waals surface area contributed by atoms with Crippen molar-refractivity contribution in [3.8, 4) is 0 Å². The molecule has 2 heterocycles. The van der Waals surface area contributed by atoms with Crippen molar-refractivity contribution in [1.29, 1.82) is 0 Å². The first-order valence-electron chi connectivity index (χ1n) is 7.47. The van der Waals surface area contributed by atoms with Crippen LogP contribution in [0.4, 0.5) is 0 Å². The van der Waals surface area contributed by atoms with Gasteiger partial charge in [-0.05, 0) is 38.0 Å². The molecule has 1 aromatic carbocycles. The number of carbonyl (C=O) groups is 1. The maximum Gasteiger partial charge on any atom is 0.230 e. The van der Waals surface area contributed by atoms with Crippen LogP contribution in [0.3, 0.4) is 0 Å². The molecular formula is C16H19ClN2O3S. The summed E-state index contributed by atoms with van der Waals surface area (Å²) in [7, 11) is -3.02. The zero-order chi connectivity index (χ0) is 16.8. The molecule has 0 aliphatic carbocycles. The van der Waals surface area contributed by atoms with E-state index >= 15 is 0 Å². The van der Waals surface area contributed by atoms with Gasteiger partial charge in [0.25, 0.3) is 0 Å². The lowest BCUT2D eigenvalue weighted by Crippen LogP contribution is -2.45. The molecule has 1 aliphatic rings. The van der Waals surface area contributed by atoms with Gasteiger partial charge < -0.3 is 10.3 Å². The Labute approximate surface area is 140 Å². The predicted molar refractivity (Wildman–Crippen MR) is 91.5 cm³/mol. The third-order valence-electron chi connectivity index (χ3n) is 4.45. The summed E-state index contributed by atoms with van der Waals surface area (Å²) in [4.78, 5) is 15.8. The standard InChI is InChI=1S/C16H19ClN2O3S/c1-16(2,15(20)19-11-5-6-23(21,22)9-11)13-8-18-14-7-10(17)3-4-12(13)14/h3-4,7-8,11,18H,5-6,9H2,1-2H3,(H,19,20). The van der Waals surface area contributed by atoms with E-state index in [1.54, 1.807) is 6.07 Å². The number of hydrogen-bond donors (Lipinski definition) is 2. The number of hydrogen-bond acceptors (Lipinski definition) is 3. The topological polar surface area (TPSA) is 79.0 Å². The van der Waals surface area contributed by atoms with Gasteiger partial charge in [0.05, 0.1) is 16.9 Å². The lowest BCUT2D eigenvalue weighted by molar-refractivity contribution is -0.126. The Bertz CT molecular complexity index is 871. The van der Waals surface area contributed by atoms with E-state index in [1.165, 1.54) is 0 Å². The Kier molecular flexibility index (Phi) is 3.92. The van der Waals surface area contributed by atoms with Crippen molar-refractivity contribution in [1.82, 2.24) is 10.3 Å². The quantitative estimate of drug-likeness (QED) is 0.888. The first-order valence-corrected chi connectivity index (χ1v) is 9.67. The van der Waals surface area contributed by atoms with Crippen LogP contribution >= 0.6 is 11.6 Å². The number of amides is 1. The van der Waals surface area contributed by atoms with Crippen molar-refractivity contribution in [2.24, 2.45) is 0 Å². The molecule has 0 spiro atoms. The average molecular weight is 355 g/mol. The van der Waals surface area contributed by atoms with Gasteiger partial charge in [-0.1, -0.05) is 17.7 Å². The van der Waals surface area contributed by atoms with Crippen molar-refractivity contribution in [3.05, 3.63) is 35.0 Å². The molecule has 1 aliphatic heterocycles. The maximum absolute atomic E-state index is 12.7. The first kappa shape index (κ1) is 16.3. The van der Waals surface area contributed by atoms with E-state index in [4.69, 9.17) is 11.6 Å². The molecule has 2 aromatic rings. The highest BCUT2D eigenvalue weighted by atomic mass is 35.5. The summed E-state index contributed by atoms with van der Waals surface area (Å²) in [6.45, 7) is 3.67. The third kappa shape index (κ3) is 3.10. The second kappa shape index (κ2) is 5.53. The van der Waals surface area contributed by atoms with E-state index in [0.29, 0.717) is 11.4 Å². The fraction of sp³-hybridized carbons (Fsp3) is 0.438. The molecule has 1 unspecified atom stereocenters. The van der Waals surface area contributed by atoms with Crippen LogP contribution in [0.1, 0.15) is 25.8 Å². The monoisotopic (exact) mass is 354 g/mol. The van der Waals surface area contributed by atoms with Crippen molar-refractivity contribution in [2.45, 2.75) is 31.7 Å². The van der Waals surface area contributed by atoms with Gasteiger partial charge in [-0.15, -0.1) is 0 Å². The molecule has 7 heteroatoms. The van der Waals surface area contributed by atoms with Gasteiger partial charge >= 0.3 is 0 Å². The minimum Gasteiger partial charge on any atom is -0.361 e. The van der Waals surface area contributed by atoms with E-state index in [1.807, 2.05) is 32.2 Å². The lowest BCUT2D eigenvalue weighted by atomic mass is 9.83. The highest BCUT2D eigenvalue weighted by molar-refractivity contribution is 7.91. The number of H-pyrrole nitrogens is 1.